The van der Waals surface area contributed by atoms with Gasteiger partial charge in [-0.25, -0.2) is 4.79 Å². The standard InChI is InChI=1S/C25H30N4O3/c1-18-7-5-6-8-21(18)29-15-13-28(14-16-29)17-22-23(27(3)25(31)26(22)2)24(30)19-9-11-20(32-4)12-10-19/h5-12H,13-17H2,1-4H3. The summed E-state index contributed by atoms with van der Waals surface area (Å²) in [5.41, 5.74) is 4.10. The van der Waals surface area contributed by atoms with E-state index in [0.29, 0.717) is 23.6 Å². The highest BCUT2D eigenvalue weighted by molar-refractivity contribution is 6.08. The quantitative estimate of drug-likeness (QED) is 0.558. The summed E-state index contributed by atoms with van der Waals surface area (Å²) in [6.45, 7) is 6.26. The van der Waals surface area contributed by atoms with Gasteiger partial charge in [0.15, 0.2) is 0 Å². The molecular weight excluding hydrogens is 404 g/mol. The van der Waals surface area contributed by atoms with Crippen LogP contribution in [0, 0.1) is 6.92 Å². The Labute approximate surface area is 188 Å². The third kappa shape index (κ3) is 4.08. The molecule has 168 valence electrons. The molecule has 0 radical (unpaired) electrons. The lowest BCUT2D eigenvalue weighted by atomic mass is 10.1. The first-order chi connectivity index (χ1) is 15.4. The highest BCUT2D eigenvalue weighted by Gasteiger charge is 2.26. The molecule has 0 aliphatic carbocycles. The van der Waals surface area contributed by atoms with E-state index >= 15 is 0 Å². The summed E-state index contributed by atoms with van der Waals surface area (Å²) in [5, 5.41) is 0. The minimum atomic E-state index is -0.185. The lowest BCUT2D eigenvalue weighted by molar-refractivity contribution is 0.102. The number of aryl methyl sites for hydroxylation is 1. The number of rotatable bonds is 6. The number of hydrogen-bond donors (Lipinski definition) is 0. The zero-order valence-electron chi connectivity index (χ0n) is 19.2. The van der Waals surface area contributed by atoms with Gasteiger partial charge in [0.05, 0.1) is 12.8 Å². The van der Waals surface area contributed by atoms with Crippen molar-refractivity contribution in [3.05, 3.63) is 81.5 Å². The Hall–Kier alpha value is -3.32. The van der Waals surface area contributed by atoms with Crippen LogP contribution in [-0.2, 0) is 20.6 Å². The highest BCUT2D eigenvalue weighted by Crippen LogP contribution is 2.22. The van der Waals surface area contributed by atoms with Crippen molar-refractivity contribution in [3.8, 4) is 5.75 Å². The maximum absolute atomic E-state index is 13.3. The van der Waals surface area contributed by atoms with Crippen molar-refractivity contribution in [2.24, 2.45) is 14.1 Å². The number of nitrogens with zero attached hydrogens (tertiary/aromatic N) is 4. The predicted octanol–water partition coefficient (Wildman–Crippen LogP) is 2.59. The summed E-state index contributed by atoms with van der Waals surface area (Å²) in [7, 11) is 5.00. The highest BCUT2D eigenvalue weighted by atomic mass is 16.5. The van der Waals surface area contributed by atoms with Gasteiger partial charge in [0.1, 0.15) is 11.4 Å². The maximum Gasteiger partial charge on any atom is 0.328 e. The second kappa shape index (κ2) is 9.04. The number of ether oxygens (including phenoxy) is 1. The average Bonchev–Trinajstić information content (AvgIpc) is 3.03. The number of piperazine rings is 1. The van der Waals surface area contributed by atoms with Gasteiger partial charge in [0, 0.05) is 58.1 Å². The molecule has 4 rings (SSSR count). The van der Waals surface area contributed by atoms with E-state index in [-0.39, 0.29) is 11.5 Å². The third-order valence-corrected chi connectivity index (χ3v) is 6.36. The zero-order chi connectivity index (χ0) is 22.8. The van der Waals surface area contributed by atoms with Crippen LogP contribution in [-0.4, -0.2) is 53.1 Å². The van der Waals surface area contributed by atoms with Crippen LogP contribution in [0.1, 0.15) is 27.3 Å². The third-order valence-electron chi connectivity index (χ3n) is 6.36. The molecule has 7 heteroatoms. The van der Waals surface area contributed by atoms with E-state index in [0.717, 1.165) is 31.9 Å². The smallest absolute Gasteiger partial charge is 0.328 e. The maximum atomic E-state index is 13.3. The van der Waals surface area contributed by atoms with E-state index < -0.39 is 0 Å². The summed E-state index contributed by atoms with van der Waals surface area (Å²) < 4.78 is 8.26. The Balaban J connectivity index is 1.54. The number of anilines is 1. The fourth-order valence-electron chi connectivity index (χ4n) is 4.41. The molecule has 7 nitrogen and oxygen atoms in total. The first-order valence-corrected chi connectivity index (χ1v) is 10.9. The number of aromatic nitrogens is 2. The monoisotopic (exact) mass is 434 g/mol. The minimum absolute atomic E-state index is 0.151. The molecule has 1 fully saturated rings. The topological polar surface area (TPSA) is 59.7 Å². The van der Waals surface area contributed by atoms with Crippen LogP contribution in [0.25, 0.3) is 0 Å². The van der Waals surface area contributed by atoms with Crippen LogP contribution in [0.2, 0.25) is 0 Å². The molecule has 32 heavy (non-hydrogen) atoms. The van der Waals surface area contributed by atoms with Gasteiger partial charge in [0.25, 0.3) is 0 Å². The van der Waals surface area contributed by atoms with Gasteiger partial charge in [-0.1, -0.05) is 18.2 Å². The number of ketones is 1. The van der Waals surface area contributed by atoms with E-state index in [2.05, 4.69) is 41.0 Å². The molecule has 1 aromatic heterocycles. The van der Waals surface area contributed by atoms with E-state index in [1.165, 1.54) is 15.8 Å². The number of para-hydroxylation sites is 1. The summed E-state index contributed by atoms with van der Waals surface area (Å²) >= 11 is 0. The second-order valence-electron chi connectivity index (χ2n) is 8.30. The second-order valence-corrected chi connectivity index (χ2v) is 8.30. The largest absolute Gasteiger partial charge is 0.497 e. The molecule has 0 unspecified atom stereocenters. The molecule has 0 atom stereocenters. The Morgan fingerprint density at radius 2 is 1.59 bits per heavy atom. The Morgan fingerprint density at radius 3 is 2.22 bits per heavy atom. The molecule has 1 aliphatic heterocycles. The normalized spacial score (nSPS) is 14.6. The first-order valence-electron chi connectivity index (χ1n) is 10.9. The lowest BCUT2D eigenvalue weighted by Gasteiger charge is -2.36. The van der Waals surface area contributed by atoms with Gasteiger partial charge in [-0.05, 0) is 42.8 Å². The number of imidazole rings is 1. The van der Waals surface area contributed by atoms with Crippen molar-refractivity contribution in [3.63, 3.8) is 0 Å². The Bertz CT molecular complexity index is 1170. The van der Waals surface area contributed by atoms with Crippen LogP contribution in [0.4, 0.5) is 5.69 Å². The van der Waals surface area contributed by atoms with Crippen LogP contribution >= 0.6 is 0 Å². The van der Waals surface area contributed by atoms with E-state index in [1.54, 1.807) is 50.0 Å². The Morgan fingerprint density at radius 1 is 0.938 bits per heavy atom. The molecule has 2 aromatic carbocycles. The molecular formula is C25H30N4O3. The van der Waals surface area contributed by atoms with E-state index in [1.807, 2.05) is 0 Å². The van der Waals surface area contributed by atoms with Crippen molar-refractivity contribution >= 4 is 11.5 Å². The number of methoxy groups -OCH3 is 1. The molecule has 0 spiro atoms. The summed E-state index contributed by atoms with van der Waals surface area (Å²) in [5.74, 6) is 0.539. The predicted molar refractivity (Wildman–Crippen MR) is 126 cm³/mol. The van der Waals surface area contributed by atoms with Crippen LogP contribution < -0.4 is 15.3 Å². The molecule has 0 saturated carbocycles. The molecule has 0 bridgehead atoms. The van der Waals surface area contributed by atoms with Gasteiger partial charge in [-0.2, -0.15) is 0 Å². The van der Waals surface area contributed by atoms with Crippen molar-refractivity contribution in [2.75, 3.05) is 38.2 Å². The van der Waals surface area contributed by atoms with Crippen LogP contribution in [0.5, 0.6) is 5.75 Å². The number of carbonyl (C=O) groups is 1. The fourth-order valence-corrected chi connectivity index (χ4v) is 4.41. The number of benzene rings is 2. The molecule has 0 N–H and O–H groups in total. The SMILES string of the molecule is COc1ccc(C(=O)c2c(CN3CCN(c4ccccc4C)CC3)n(C)c(=O)n2C)cc1. The van der Waals surface area contributed by atoms with Crippen molar-refractivity contribution < 1.29 is 9.53 Å². The van der Waals surface area contributed by atoms with Crippen LogP contribution in [0.15, 0.2) is 53.3 Å². The summed E-state index contributed by atoms with van der Waals surface area (Å²) in [6, 6.07) is 15.4. The lowest BCUT2D eigenvalue weighted by Crippen LogP contribution is -2.46. The van der Waals surface area contributed by atoms with Crippen molar-refractivity contribution in [1.82, 2.24) is 14.0 Å². The summed E-state index contributed by atoms with van der Waals surface area (Å²) in [4.78, 5) is 30.7. The van der Waals surface area contributed by atoms with E-state index in [4.69, 9.17) is 4.74 Å². The molecule has 1 aliphatic rings. The van der Waals surface area contributed by atoms with Crippen molar-refractivity contribution in [2.45, 2.75) is 13.5 Å². The Kier molecular flexibility index (Phi) is 6.19. The number of carbonyl (C=O) groups excluding carboxylic acids is 1. The molecule has 1 saturated heterocycles. The van der Waals surface area contributed by atoms with Gasteiger partial charge >= 0.3 is 5.69 Å². The molecule has 2 heterocycles. The zero-order valence-corrected chi connectivity index (χ0v) is 19.2. The van der Waals surface area contributed by atoms with Gasteiger partial charge in [0.2, 0.25) is 5.78 Å². The van der Waals surface area contributed by atoms with Gasteiger partial charge in [-0.3, -0.25) is 18.8 Å². The minimum Gasteiger partial charge on any atom is -0.497 e. The average molecular weight is 435 g/mol. The van der Waals surface area contributed by atoms with E-state index in [9.17, 15) is 9.59 Å². The van der Waals surface area contributed by atoms with Gasteiger partial charge in [-0.15, -0.1) is 0 Å². The molecule has 3 aromatic rings. The number of hydrogen-bond acceptors (Lipinski definition) is 5. The van der Waals surface area contributed by atoms with Crippen molar-refractivity contribution in [1.29, 1.82) is 0 Å². The van der Waals surface area contributed by atoms with Gasteiger partial charge < -0.3 is 9.64 Å². The fraction of sp³-hybridized carbons (Fsp3) is 0.360. The first kappa shape index (κ1) is 21.9. The molecule has 0 amide bonds. The summed E-state index contributed by atoms with van der Waals surface area (Å²) in [6.07, 6.45) is 0. The van der Waals surface area contributed by atoms with Crippen LogP contribution in [0.3, 0.4) is 0 Å².